The average molecular weight is 471 g/mol. The van der Waals surface area contributed by atoms with Crippen LogP contribution >= 0.6 is 11.6 Å². The highest BCUT2D eigenvalue weighted by Gasteiger charge is 2.34. The second kappa shape index (κ2) is 8.63. The standard InChI is InChI=1S/C22H19ClF4N2O3/c1-2-32-21(30)20-19(28-8-10-31-11-9-28)17-16(7-6-15(24)18(17)23)29(20)14-5-3-4-13(12-14)22(25,26)27/h3-7,12H,2,8-11H2,1H3. The van der Waals surface area contributed by atoms with Crippen LogP contribution in [-0.2, 0) is 15.7 Å². The third kappa shape index (κ3) is 3.91. The molecule has 0 aliphatic carbocycles. The van der Waals surface area contributed by atoms with Gasteiger partial charge in [-0.15, -0.1) is 0 Å². The van der Waals surface area contributed by atoms with Gasteiger partial charge in [-0.3, -0.25) is 0 Å². The minimum Gasteiger partial charge on any atom is -0.461 e. The van der Waals surface area contributed by atoms with Crippen molar-refractivity contribution in [3.8, 4) is 5.69 Å². The van der Waals surface area contributed by atoms with Gasteiger partial charge in [0.05, 0.1) is 41.6 Å². The zero-order chi connectivity index (χ0) is 23.0. The summed E-state index contributed by atoms with van der Waals surface area (Å²) in [5, 5.41) is 0.00861. The van der Waals surface area contributed by atoms with Crippen LogP contribution in [0.4, 0.5) is 23.2 Å². The predicted octanol–water partition coefficient (Wildman–Crippen LogP) is 5.46. The summed E-state index contributed by atoms with van der Waals surface area (Å²) in [5.74, 6) is -1.45. The number of hydrogen-bond acceptors (Lipinski definition) is 4. The number of aromatic nitrogens is 1. The number of benzene rings is 2. The van der Waals surface area contributed by atoms with Crippen molar-refractivity contribution < 1.29 is 31.8 Å². The maximum absolute atomic E-state index is 14.5. The number of hydrogen-bond donors (Lipinski definition) is 0. The van der Waals surface area contributed by atoms with Crippen molar-refractivity contribution in [3.63, 3.8) is 0 Å². The first-order valence-electron chi connectivity index (χ1n) is 9.94. The number of anilines is 1. The zero-order valence-electron chi connectivity index (χ0n) is 17.0. The molecule has 10 heteroatoms. The van der Waals surface area contributed by atoms with Gasteiger partial charge in [-0.05, 0) is 37.3 Å². The van der Waals surface area contributed by atoms with Crippen LogP contribution in [0.15, 0.2) is 36.4 Å². The molecule has 4 rings (SSSR count). The number of nitrogens with zero attached hydrogens (tertiary/aromatic N) is 2. The van der Waals surface area contributed by atoms with E-state index in [2.05, 4.69) is 0 Å². The van der Waals surface area contributed by atoms with Gasteiger partial charge in [0.25, 0.3) is 0 Å². The molecule has 32 heavy (non-hydrogen) atoms. The first kappa shape index (κ1) is 22.4. The summed E-state index contributed by atoms with van der Waals surface area (Å²) in [7, 11) is 0. The Balaban J connectivity index is 2.09. The molecule has 0 saturated carbocycles. The molecule has 0 amide bonds. The molecule has 1 aliphatic heterocycles. The Morgan fingerprint density at radius 2 is 1.91 bits per heavy atom. The summed E-state index contributed by atoms with van der Waals surface area (Å²) in [6, 6.07) is 7.07. The Kier molecular flexibility index (Phi) is 6.05. The highest BCUT2D eigenvalue weighted by Crippen LogP contribution is 2.42. The zero-order valence-corrected chi connectivity index (χ0v) is 17.8. The van der Waals surface area contributed by atoms with Crippen molar-refractivity contribution in [2.75, 3.05) is 37.8 Å². The molecule has 2 aromatic carbocycles. The van der Waals surface area contributed by atoms with Gasteiger partial charge in [-0.2, -0.15) is 13.2 Å². The molecule has 0 bridgehead atoms. The Morgan fingerprint density at radius 1 is 1.19 bits per heavy atom. The number of alkyl halides is 3. The molecular weight excluding hydrogens is 452 g/mol. The summed E-state index contributed by atoms with van der Waals surface area (Å²) in [6.07, 6.45) is -4.58. The quantitative estimate of drug-likeness (QED) is 0.375. The molecule has 0 atom stereocenters. The second-order valence-corrected chi connectivity index (χ2v) is 7.53. The van der Waals surface area contributed by atoms with Crippen molar-refractivity contribution in [2.45, 2.75) is 13.1 Å². The van der Waals surface area contributed by atoms with Crippen LogP contribution in [-0.4, -0.2) is 43.4 Å². The third-order valence-electron chi connectivity index (χ3n) is 5.23. The number of rotatable bonds is 4. The minimum absolute atomic E-state index is 0.0180. The van der Waals surface area contributed by atoms with Gasteiger partial charge in [-0.1, -0.05) is 17.7 Å². The van der Waals surface area contributed by atoms with E-state index in [1.165, 1.54) is 22.8 Å². The number of ether oxygens (including phenoxy) is 2. The van der Waals surface area contributed by atoms with Crippen LogP contribution in [0.5, 0.6) is 0 Å². The number of morpholine rings is 1. The normalized spacial score (nSPS) is 14.8. The smallest absolute Gasteiger partial charge is 0.416 e. The van der Waals surface area contributed by atoms with Crippen molar-refractivity contribution in [1.82, 2.24) is 4.57 Å². The number of carbonyl (C=O) groups is 1. The predicted molar refractivity (Wildman–Crippen MR) is 112 cm³/mol. The van der Waals surface area contributed by atoms with E-state index < -0.39 is 23.5 Å². The van der Waals surface area contributed by atoms with Crippen LogP contribution in [0.1, 0.15) is 23.0 Å². The monoisotopic (exact) mass is 470 g/mol. The van der Waals surface area contributed by atoms with Gasteiger partial charge in [-0.25, -0.2) is 9.18 Å². The third-order valence-corrected chi connectivity index (χ3v) is 5.60. The van der Waals surface area contributed by atoms with Crippen LogP contribution in [0.25, 0.3) is 16.6 Å². The Morgan fingerprint density at radius 3 is 2.56 bits per heavy atom. The van der Waals surface area contributed by atoms with E-state index in [4.69, 9.17) is 21.1 Å². The highest BCUT2D eigenvalue weighted by molar-refractivity contribution is 6.37. The fourth-order valence-electron chi connectivity index (χ4n) is 3.87. The Labute approximate surface area is 186 Å². The second-order valence-electron chi connectivity index (χ2n) is 7.16. The molecule has 3 aromatic rings. The molecule has 0 radical (unpaired) electrons. The summed E-state index contributed by atoms with van der Waals surface area (Å²) in [5.41, 5.74) is -0.220. The minimum atomic E-state index is -4.58. The van der Waals surface area contributed by atoms with E-state index in [0.29, 0.717) is 37.5 Å². The molecular formula is C22H19ClF4N2O3. The van der Waals surface area contributed by atoms with Gasteiger partial charge in [0.1, 0.15) is 5.82 Å². The molecule has 1 fully saturated rings. The number of carbonyl (C=O) groups excluding carboxylic acids is 1. The molecule has 0 spiro atoms. The lowest BCUT2D eigenvalue weighted by Crippen LogP contribution is -2.37. The van der Waals surface area contributed by atoms with Gasteiger partial charge in [0.15, 0.2) is 5.69 Å². The largest absolute Gasteiger partial charge is 0.461 e. The maximum Gasteiger partial charge on any atom is 0.416 e. The number of halogens is 5. The van der Waals surface area contributed by atoms with Gasteiger partial charge < -0.3 is 18.9 Å². The molecule has 0 N–H and O–H groups in total. The molecule has 1 saturated heterocycles. The fraction of sp³-hybridized carbons (Fsp3) is 0.318. The SMILES string of the molecule is CCOC(=O)c1c(N2CCOCC2)c2c(Cl)c(F)ccc2n1-c1cccc(C(F)(F)F)c1. The van der Waals surface area contributed by atoms with Crippen LogP contribution in [0, 0.1) is 5.82 Å². The van der Waals surface area contributed by atoms with E-state index in [-0.39, 0.29) is 28.4 Å². The van der Waals surface area contributed by atoms with Crippen LogP contribution in [0.2, 0.25) is 5.02 Å². The molecule has 170 valence electrons. The van der Waals surface area contributed by atoms with Crippen LogP contribution < -0.4 is 4.90 Å². The van der Waals surface area contributed by atoms with E-state index in [1.807, 2.05) is 4.90 Å². The first-order chi connectivity index (χ1) is 15.2. The lowest BCUT2D eigenvalue weighted by Gasteiger charge is -2.29. The lowest BCUT2D eigenvalue weighted by molar-refractivity contribution is -0.137. The Hall–Kier alpha value is -2.78. The molecule has 5 nitrogen and oxygen atoms in total. The highest BCUT2D eigenvalue weighted by atomic mass is 35.5. The fourth-order valence-corrected chi connectivity index (χ4v) is 4.12. The summed E-state index contributed by atoms with van der Waals surface area (Å²) in [6.45, 7) is 3.18. The van der Waals surface area contributed by atoms with Gasteiger partial charge in [0, 0.05) is 24.2 Å². The molecule has 1 aliphatic rings. The van der Waals surface area contributed by atoms with E-state index in [0.717, 1.165) is 18.2 Å². The van der Waals surface area contributed by atoms with Crippen molar-refractivity contribution in [2.24, 2.45) is 0 Å². The first-order valence-corrected chi connectivity index (χ1v) is 10.3. The van der Waals surface area contributed by atoms with Gasteiger partial charge in [0.2, 0.25) is 0 Å². The van der Waals surface area contributed by atoms with Crippen molar-refractivity contribution in [1.29, 1.82) is 0 Å². The van der Waals surface area contributed by atoms with Crippen LogP contribution in [0.3, 0.4) is 0 Å². The summed E-state index contributed by atoms with van der Waals surface area (Å²) in [4.78, 5) is 14.9. The molecule has 0 unspecified atom stereocenters. The summed E-state index contributed by atoms with van der Waals surface area (Å²) >= 11 is 6.33. The Bertz CT molecular complexity index is 1170. The van der Waals surface area contributed by atoms with Gasteiger partial charge >= 0.3 is 12.1 Å². The van der Waals surface area contributed by atoms with E-state index in [9.17, 15) is 22.4 Å². The maximum atomic E-state index is 14.5. The van der Waals surface area contributed by atoms with Crippen molar-refractivity contribution >= 4 is 34.2 Å². The van der Waals surface area contributed by atoms with E-state index >= 15 is 0 Å². The molecule has 1 aromatic heterocycles. The number of fused-ring (bicyclic) bond motifs is 1. The summed E-state index contributed by atoms with van der Waals surface area (Å²) < 4.78 is 66.6. The number of esters is 1. The van der Waals surface area contributed by atoms with Crippen molar-refractivity contribution in [3.05, 3.63) is 58.5 Å². The topological polar surface area (TPSA) is 43.7 Å². The van der Waals surface area contributed by atoms with E-state index in [1.54, 1.807) is 6.92 Å². The lowest BCUT2D eigenvalue weighted by atomic mass is 10.2. The molecule has 2 heterocycles. The average Bonchev–Trinajstić information content (AvgIpc) is 3.12.